The van der Waals surface area contributed by atoms with Crippen LogP contribution in [0.25, 0.3) is 10.7 Å². The molecule has 2 atom stereocenters. The van der Waals surface area contributed by atoms with E-state index >= 15 is 0 Å². The molecular formula is C12H15N3OS. The van der Waals surface area contributed by atoms with Gasteiger partial charge in [-0.2, -0.15) is 4.98 Å². The third-order valence-corrected chi connectivity index (χ3v) is 4.11. The number of nitrogens with two attached hydrogens (primary N) is 1. The summed E-state index contributed by atoms with van der Waals surface area (Å²) in [5, 5.41) is 6.06. The Morgan fingerprint density at radius 3 is 3.12 bits per heavy atom. The van der Waals surface area contributed by atoms with E-state index in [1.54, 1.807) is 11.3 Å². The van der Waals surface area contributed by atoms with Gasteiger partial charge in [0.15, 0.2) is 0 Å². The summed E-state index contributed by atoms with van der Waals surface area (Å²) in [6, 6.07) is 4.28. The fourth-order valence-corrected chi connectivity index (χ4v) is 3.01. The van der Waals surface area contributed by atoms with Gasteiger partial charge in [0.2, 0.25) is 11.7 Å². The molecule has 5 heteroatoms. The maximum atomic E-state index is 5.98. The van der Waals surface area contributed by atoms with Gasteiger partial charge in [-0.3, -0.25) is 0 Å². The molecule has 4 nitrogen and oxygen atoms in total. The van der Waals surface area contributed by atoms with Crippen LogP contribution in [0.4, 0.5) is 0 Å². The molecule has 1 fully saturated rings. The smallest absolute Gasteiger partial charge is 0.230 e. The lowest BCUT2D eigenvalue weighted by atomic mass is 9.86. The second-order valence-electron chi connectivity index (χ2n) is 4.56. The fraction of sp³-hybridized carbons (Fsp3) is 0.500. The zero-order valence-electron chi connectivity index (χ0n) is 9.50. The van der Waals surface area contributed by atoms with E-state index in [2.05, 4.69) is 10.1 Å². The summed E-state index contributed by atoms with van der Waals surface area (Å²) < 4.78 is 5.37. The standard InChI is InChI=1S/C12H15N3OS/c13-9-4-1-3-8(7-9)12-14-11(15-16-12)10-5-2-6-17-10/h2,5-6,8-9H,1,3-4,7,13H2. The van der Waals surface area contributed by atoms with Crippen LogP contribution in [-0.2, 0) is 0 Å². The first kappa shape index (κ1) is 10.9. The molecule has 2 aromatic rings. The Bertz CT molecular complexity index is 480. The van der Waals surface area contributed by atoms with Gasteiger partial charge in [0.25, 0.3) is 0 Å². The van der Waals surface area contributed by atoms with Gasteiger partial charge in [-0.25, -0.2) is 0 Å². The predicted octanol–water partition coefficient (Wildman–Crippen LogP) is 2.78. The minimum absolute atomic E-state index is 0.283. The Kier molecular flexibility index (Phi) is 2.94. The van der Waals surface area contributed by atoms with E-state index in [9.17, 15) is 0 Å². The lowest BCUT2D eigenvalue weighted by molar-refractivity contribution is 0.299. The second-order valence-corrected chi connectivity index (χ2v) is 5.50. The van der Waals surface area contributed by atoms with Gasteiger partial charge >= 0.3 is 0 Å². The monoisotopic (exact) mass is 249 g/mol. The molecule has 1 aliphatic carbocycles. The average Bonchev–Trinajstić information content (AvgIpc) is 3.00. The van der Waals surface area contributed by atoms with E-state index < -0.39 is 0 Å². The van der Waals surface area contributed by atoms with Crippen LogP contribution in [0.15, 0.2) is 22.0 Å². The largest absolute Gasteiger partial charge is 0.339 e. The Hall–Kier alpha value is -1.20. The molecule has 3 rings (SSSR count). The Morgan fingerprint density at radius 2 is 2.35 bits per heavy atom. The number of hydrogen-bond acceptors (Lipinski definition) is 5. The third kappa shape index (κ3) is 2.25. The summed E-state index contributed by atoms with van der Waals surface area (Å²) in [7, 11) is 0. The minimum Gasteiger partial charge on any atom is -0.339 e. The third-order valence-electron chi connectivity index (χ3n) is 3.25. The van der Waals surface area contributed by atoms with Crippen molar-refractivity contribution < 1.29 is 4.52 Å². The minimum atomic E-state index is 0.283. The number of thiophene rings is 1. The van der Waals surface area contributed by atoms with Crippen LogP contribution < -0.4 is 5.73 Å². The maximum absolute atomic E-state index is 5.98. The number of nitrogens with zero attached hydrogens (tertiary/aromatic N) is 2. The Balaban J connectivity index is 1.80. The van der Waals surface area contributed by atoms with Crippen molar-refractivity contribution in [1.29, 1.82) is 0 Å². The quantitative estimate of drug-likeness (QED) is 0.888. The van der Waals surface area contributed by atoms with Gasteiger partial charge in [-0.15, -0.1) is 11.3 Å². The summed E-state index contributed by atoms with van der Waals surface area (Å²) in [4.78, 5) is 5.54. The molecule has 0 saturated heterocycles. The topological polar surface area (TPSA) is 64.9 Å². The first-order valence-electron chi connectivity index (χ1n) is 5.96. The van der Waals surface area contributed by atoms with E-state index in [0.29, 0.717) is 11.7 Å². The van der Waals surface area contributed by atoms with Gasteiger partial charge < -0.3 is 10.3 Å². The van der Waals surface area contributed by atoms with Crippen molar-refractivity contribution in [3.63, 3.8) is 0 Å². The molecular weight excluding hydrogens is 234 g/mol. The SMILES string of the molecule is NC1CCCC(c2nc(-c3cccs3)no2)C1. The van der Waals surface area contributed by atoms with Crippen LogP contribution in [0.3, 0.4) is 0 Å². The molecule has 2 aromatic heterocycles. The maximum Gasteiger partial charge on any atom is 0.230 e. The fourth-order valence-electron chi connectivity index (χ4n) is 2.36. The van der Waals surface area contributed by atoms with Crippen LogP contribution in [0.5, 0.6) is 0 Å². The molecule has 0 amide bonds. The van der Waals surface area contributed by atoms with Crippen LogP contribution in [-0.4, -0.2) is 16.2 Å². The van der Waals surface area contributed by atoms with E-state index in [-0.39, 0.29) is 6.04 Å². The van der Waals surface area contributed by atoms with Gasteiger partial charge in [0.1, 0.15) is 0 Å². The normalized spacial score (nSPS) is 25.0. The molecule has 2 heterocycles. The molecule has 17 heavy (non-hydrogen) atoms. The molecule has 0 radical (unpaired) electrons. The highest BCUT2D eigenvalue weighted by atomic mass is 32.1. The van der Waals surface area contributed by atoms with Crippen LogP contribution in [0.1, 0.15) is 37.5 Å². The van der Waals surface area contributed by atoms with Gasteiger partial charge in [0, 0.05) is 12.0 Å². The van der Waals surface area contributed by atoms with E-state index in [1.807, 2.05) is 17.5 Å². The zero-order chi connectivity index (χ0) is 11.7. The molecule has 0 bridgehead atoms. The lowest BCUT2D eigenvalue weighted by Crippen LogP contribution is -2.26. The molecule has 1 aliphatic rings. The van der Waals surface area contributed by atoms with Gasteiger partial charge in [-0.1, -0.05) is 17.6 Å². The highest BCUT2D eigenvalue weighted by Gasteiger charge is 2.25. The predicted molar refractivity (Wildman–Crippen MR) is 66.8 cm³/mol. The summed E-state index contributed by atoms with van der Waals surface area (Å²) in [6.45, 7) is 0. The van der Waals surface area contributed by atoms with Crippen molar-refractivity contribution in [2.75, 3.05) is 0 Å². The van der Waals surface area contributed by atoms with Crippen molar-refractivity contribution in [2.24, 2.45) is 5.73 Å². The summed E-state index contributed by atoms with van der Waals surface area (Å²) in [5.41, 5.74) is 5.98. The van der Waals surface area contributed by atoms with Crippen molar-refractivity contribution in [3.05, 3.63) is 23.4 Å². The summed E-state index contributed by atoms with van der Waals surface area (Å²) >= 11 is 1.63. The van der Waals surface area contributed by atoms with Crippen LogP contribution in [0, 0.1) is 0 Å². The highest BCUT2D eigenvalue weighted by Crippen LogP contribution is 2.32. The summed E-state index contributed by atoms with van der Waals surface area (Å²) in [6.07, 6.45) is 4.34. The molecule has 0 spiro atoms. The lowest BCUT2D eigenvalue weighted by Gasteiger charge is -2.23. The second kappa shape index (κ2) is 4.58. The molecule has 1 saturated carbocycles. The van der Waals surface area contributed by atoms with Crippen molar-refractivity contribution in [3.8, 4) is 10.7 Å². The Morgan fingerprint density at radius 1 is 1.41 bits per heavy atom. The van der Waals surface area contributed by atoms with Gasteiger partial charge in [0.05, 0.1) is 4.88 Å². The molecule has 2 unspecified atom stereocenters. The Labute approximate surface area is 104 Å². The van der Waals surface area contributed by atoms with Crippen molar-refractivity contribution in [1.82, 2.24) is 10.1 Å². The molecule has 2 N–H and O–H groups in total. The van der Waals surface area contributed by atoms with Gasteiger partial charge in [-0.05, 0) is 30.7 Å². The highest BCUT2D eigenvalue weighted by molar-refractivity contribution is 7.13. The van der Waals surface area contributed by atoms with Crippen molar-refractivity contribution in [2.45, 2.75) is 37.6 Å². The molecule has 0 aliphatic heterocycles. The first-order valence-corrected chi connectivity index (χ1v) is 6.84. The van der Waals surface area contributed by atoms with Crippen molar-refractivity contribution >= 4 is 11.3 Å². The van der Waals surface area contributed by atoms with E-state index in [0.717, 1.165) is 36.5 Å². The average molecular weight is 249 g/mol. The zero-order valence-corrected chi connectivity index (χ0v) is 10.3. The van der Waals surface area contributed by atoms with E-state index in [4.69, 9.17) is 10.3 Å². The number of hydrogen-bond donors (Lipinski definition) is 1. The summed E-state index contributed by atoms with van der Waals surface area (Å²) in [5.74, 6) is 1.80. The molecule has 90 valence electrons. The molecule has 0 aromatic carbocycles. The van der Waals surface area contributed by atoms with Crippen LogP contribution in [0.2, 0.25) is 0 Å². The number of aromatic nitrogens is 2. The first-order chi connectivity index (χ1) is 8.33. The van der Waals surface area contributed by atoms with Crippen LogP contribution >= 0.6 is 11.3 Å². The number of rotatable bonds is 2. The van der Waals surface area contributed by atoms with E-state index in [1.165, 1.54) is 0 Å².